The fourth-order valence-electron chi connectivity index (χ4n) is 2.07. The van der Waals surface area contributed by atoms with Crippen molar-refractivity contribution in [2.75, 3.05) is 0 Å². The number of aromatic amines is 1. The van der Waals surface area contributed by atoms with Crippen molar-refractivity contribution in [2.45, 2.75) is 26.2 Å². The topological polar surface area (TPSA) is 92.2 Å². The normalized spacial score (nSPS) is 11.1. The van der Waals surface area contributed by atoms with Crippen molar-refractivity contribution in [1.29, 1.82) is 0 Å². The fraction of sp³-hybridized carbons (Fsp3) is 0.417. The van der Waals surface area contributed by atoms with E-state index in [1.165, 1.54) is 15.9 Å². The number of hydrogen-bond acceptors (Lipinski definition) is 4. The lowest BCUT2D eigenvalue weighted by Crippen LogP contribution is -2.28. The molecule has 0 spiro atoms. The van der Waals surface area contributed by atoms with Gasteiger partial charge in [-0.15, -0.1) is 11.3 Å². The number of aromatic nitrogens is 2. The predicted molar refractivity (Wildman–Crippen MR) is 73.0 cm³/mol. The Morgan fingerprint density at radius 1 is 1.42 bits per heavy atom. The van der Waals surface area contributed by atoms with Crippen LogP contribution < -0.4 is 11.2 Å². The Morgan fingerprint density at radius 2 is 2.11 bits per heavy atom. The van der Waals surface area contributed by atoms with Gasteiger partial charge in [0.25, 0.3) is 5.56 Å². The molecule has 0 aliphatic carbocycles. The highest BCUT2D eigenvalue weighted by molar-refractivity contribution is 7.18. The van der Waals surface area contributed by atoms with E-state index in [1.807, 2.05) is 6.92 Å². The van der Waals surface area contributed by atoms with Crippen LogP contribution in [0.4, 0.5) is 0 Å². The molecule has 0 bridgehead atoms. The fourth-order valence-corrected chi connectivity index (χ4v) is 3.45. The Labute approximate surface area is 112 Å². The van der Waals surface area contributed by atoms with E-state index in [-0.39, 0.29) is 6.42 Å². The molecule has 2 heterocycles. The highest BCUT2D eigenvalue weighted by atomic mass is 32.1. The van der Waals surface area contributed by atoms with Crippen molar-refractivity contribution in [3.63, 3.8) is 0 Å². The molecule has 0 aliphatic heterocycles. The lowest BCUT2D eigenvalue weighted by atomic mass is 10.1. The summed E-state index contributed by atoms with van der Waals surface area (Å²) >= 11 is 1.33. The van der Waals surface area contributed by atoms with Gasteiger partial charge >= 0.3 is 11.7 Å². The standard InChI is InChI=1S/C12H14N2O4S/c1-3-4-7-6(5-8(15)16)9-10(17)13-12(18)14(2)11(9)19-7/h3-5H2,1-2H3,(H,15,16)(H,13,17,18). The molecule has 6 nitrogen and oxygen atoms in total. The quantitative estimate of drug-likeness (QED) is 0.870. The number of aryl methyl sites for hydroxylation is 2. The molecule has 19 heavy (non-hydrogen) atoms. The number of thiophene rings is 1. The van der Waals surface area contributed by atoms with Gasteiger partial charge in [0.2, 0.25) is 0 Å². The van der Waals surface area contributed by atoms with E-state index in [1.54, 1.807) is 7.05 Å². The van der Waals surface area contributed by atoms with Gasteiger partial charge in [-0.2, -0.15) is 0 Å². The number of carbonyl (C=O) groups is 1. The maximum Gasteiger partial charge on any atom is 0.329 e. The first-order valence-corrected chi connectivity index (χ1v) is 6.72. The highest BCUT2D eigenvalue weighted by Gasteiger charge is 2.19. The summed E-state index contributed by atoms with van der Waals surface area (Å²) in [6.45, 7) is 1.98. The second-order valence-electron chi connectivity index (χ2n) is 4.32. The van der Waals surface area contributed by atoms with Crippen LogP contribution in [0.3, 0.4) is 0 Å². The van der Waals surface area contributed by atoms with Gasteiger partial charge in [-0.3, -0.25) is 19.1 Å². The van der Waals surface area contributed by atoms with Gasteiger partial charge in [0.1, 0.15) is 4.83 Å². The number of aliphatic carboxylic acids is 1. The average molecular weight is 282 g/mol. The van der Waals surface area contributed by atoms with E-state index >= 15 is 0 Å². The number of nitrogens with one attached hydrogen (secondary N) is 1. The van der Waals surface area contributed by atoms with E-state index in [4.69, 9.17) is 5.11 Å². The molecule has 2 N–H and O–H groups in total. The van der Waals surface area contributed by atoms with Crippen LogP contribution in [0.1, 0.15) is 23.8 Å². The zero-order valence-corrected chi connectivity index (χ0v) is 11.5. The van der Waals surface area contributed by atoms with Crippen molar-refractivity contribution in [1.82, 2.24) is 9.55 Å². The Bertz CT molecular complexity index is 753. The molecule has 0 amide bonds. The van der Waals surface area contributed by atoms with Crippen molar-refractivity contribution in [3.05, 3.63) is 31.3 Å². The molecule has 0 saturated heterocycles. The van der Waals surface area contributed by atoms with Crippen molar-refractivity contribution < 1.29 is 9.90 Å². The van der Waals surface area contributed by atoms with Crippen LogP contribution in [0, 0.1) is 0 Å². The van der Waals surface area contributed by atoms with Crippen LogP contribution in [0.2, 0.25) is 0 Å². The molecule has 0 atom stereocenters. The number of carboxylic acid groups (broad SMARTS) is 1. The molecule has 0 radical (unpaired) electrons. The van der Waals surface area contributed by atoms with Crippen LogP contribution in [-0.4, -0.2) is 20.6 Å². The molecule has 2 rings (SSSR count). The monoisotopic (exact) mass is 282 g/mol. The van der Waals surface area contributed by atoms with E-state index in [0.717, 1.165) is 11.3 Å². The van der Waals surface area contributed by atoms with Gasteiger partial charge in [0.15, 0.2) is 0 Å². The lowest BCUT2D eigenvalue weighted by Gasteiger charge is -2.00. The molecule has 102 valence electrons. The molecule has 0 unspecified atom stereocenters. The summed E-state index contributed by atoms with van der Waals surface area (Å²) in [6, 6.07) is 0. The van der Waals surface area contributed by atoms with Crippen LogP contribution in [0.15, 0.2) is 9.59 Å². The van der Waals surface area contributed by atoms with Gasteiger partial charge in [0.05, 0.1) is 11.8 Å². The molecular weight excluding hydrogens is 268 g/mol. The number of H-pyrrole nitrogens is 1. The second-order valence-corrected chi connectivity index (χ2v) is 5.41. The maximum absolute atomic E-state index is 11.9. The number of fused-ring (bicyclic) bond motifs is 1. The molecule has 0 aromatic carbocycles. The summed E-state index contributed by atoms with van der Waals surface area (Å²) in [7, 11) is 1.57. The largest absolute Gasteiger partial charge is 0.481 e. The van der Waals surface area contributed by atoms with Gasteiger partial charge in [-0.25, -0.2) is 4.79 Å². The highest BCUT2D eigenvalue weighted by Crippen LogP contribution is 2.29. The molecular formula is C12H14N2O4S. The average Bonchev–Trinajstić information content (AvgIpc) is 2.66. The van der Waals surface area contributed by atoms with Gasteiger partial charge in [-0.05, 0) is 12.0 Å². The number of rotatable bonds is 4. The maximum atomic E-state index is 11.9. The lowest BCUT2D eigenvalue weighted by molar-refractivity contribution is -0.136. The van der Waals surface area contributed by atoms with Crippen LogP contribution in [-0.2, 0) is 24.7 Å². The Morgan fingerprint density at radius 3 is 2.68 bits per heavy atom. The summed E-state index contributed by atoms with van der Waals surface area (Å²) in [4.78, 5) is 38.0. The summed E-state index contributed by atoms with van der Waals surface area (Å²) in [5.74, 6) is -0.981. The Hall–Kier alpha value is -1.89. The molecule has 2 aromatic heterocycles. The van der Waals surface area contributed by atoms with E-state index in [9.17, 15) is 14.4 Å². The van der Waals surface area contributed by atoms with Crippen LogP contribution in [0.25, 0.3) is 10.2 Å². The zero-order chi connectivity index (χ0) is 14.2. The minimum absolute atomic E-state index is 0.198. The van der Waals surface area contributed by atoms with Crippen molar-refractivity contribution >= 4 is 27.5 Å². The third-order valence-electron chi connectivity index (χ3n) is 2.93. The van der Waals surface area contributed by atoms with Gasteiger partial charge < -0.3 is 5.11 Å². The first-order valence-electron chi connectivity index (χ1n) is 5.91. The van der Waals surface area contributed by atoms with E-state index in [0.29, 0.717) is 22.2 Å². The van der Waals surface area contributed by atoms with Crippen LogP contribution in [0.5, 0.6) is 0 Å². The SMILES string of the molecule is CCCc1sc2c(c1CC(=O)O)c(=O)[nH]c(=O)n2C. The number of nitrogens with zero attached hydrogens (tertiary/aromatic N) is 1. The van der Waals surface area contributed by atoms with Crippen molar-refractivity contribution in [3.8, 4) is 0 Å². The third kappa shape index (κ3) is 2.33. The van der Waals surface area contributed by atoms with Crippen molar-refractivity contribution in [2.24, 2.45) is 7.05 Å². The summed E-state index contributed by atoms with van der Waals surface area (Å²) in [6.07, 6.45) is 1.36. The third-order valence-corrected chi connectivity index (χ3v) is 4.30. The Kier molecular flexibility index (Phi) is 3.57. The minimum atomic E-state index is -0.981. The first-order chi connectivity index (χ1) is 8.95. The molecule has 0 fully saturated rings. The summed E-state index contributed by atoms with van der Waals surface area (Å²) in [5.41, 5.74) is -0.456. The summed E-state index contributed by atoms with van der Waals surface area (Å²) < 4.78 is 1.35. The van der Waals surface area contributed by atoms with Gasteiger partial charge in [0, 0.05) is 11.9 Å². The van der Waals surface area contributed by atoms with Crippen LogP contribution >= 0.6 is 11.3 Å². The number of carboxylic acids is 1. The van der Waals surface area contributed by atoms with E-state index < -0.39 is 17.2 Å². The minimum Gasteiger partial charge on any atom is -0.481 e. The first kappa shape index (κ1) is 13.5. The molecule has 0 aliphatic rings. The second kappa shape index (κ2) is 5.00. The summed E-state index contributed by atoms with van der Waals surface area (Å²) in [5, 5.41) is 9.31. The molecule has 2 aromatic rings. The predicted octanol–water partition coefficient (Wildman–Crippen LogP) is 0.868. The Balaban J connectivity index is 2.85. The smallest absolute Gasteiger partial charge is 0.329 e. The zero-order valence-electron chi connectivity index (χ0n) is 10.6. The number of hydrogen-bond donors (Lipinski definition) is 2. The molecule has 0 saturated carbocycles. The molecule has 7 heteroatoms. The van der Waals surface area contributed by atoms with E-state index in [2.05, 4.69) is 4.98 Å². The van der Waals surface area contributed by atoms with Gasteiger partial charge in [-0.1, -0.05) is 13.3 Å².